The second-order valence-corrected chi connectivity index (χ2v) is 11.9. The second kappa shape index (κ2) is 12.3. The topological polar surface area (TPSA) is 94.2 Å². The Morgan fingerprint density at radius 3 is 2.14 bits per heavy atom. The van der Waals surface area contributed by atoms with Gasteiger partial charge in [0.25, 0.3) is 5.91 Å². The lowest BCUT2D eigenvalue weighted by molar-refractivity contribution is -0.153. The Morgan fingerprint density at radius 2 is 1.57 bits per heavy atom. The number of hydrogen-bond acceptors (Lipinski definition) is 7. The maximum Gasteiger partial charge on any atom is 0.408 e. The Balaban J connectivity index is 1.44. The van der Waals surface area contributed by atoms with Crippen LogP contribution in [0.25, 0.3) is 0 Å². The van der Waals surface area contributed by atoms with E-state index in [0.29, 0.717) is 17.1 Å². The third-order valence-electron chi connectivity index (χ3n) is 6.57. The molecule has 0 saturated carbocycles. The van der Waals surface area contributed by atoms with Crippen molar-refractivity contribution >= 4 is 29.7 Å². The number of halogens is 1. The van der Waals surface area contributed by atoms with E-state index in [1.807, 2.05) is 60.7 Å². The van der Waals surface area contributed by atoms with E-state index in [0.717, 1.165) is 11.1 Å². The van der Waals surface area contributed by atoms with E-state index in [4.69, 9.17) is 14.2 Å². The average molecular weight is 591 g/mol. The summed E-state index contributed by atoms with van der Waals surface area (Å²) in [7, 11) is 0. The van der Waals surface area contributed by atoms with Gasteiger partial charge in [0.15, 0.2) is 6.10 Å². The van der Waals surface area contributed by atoms with Gasteiger partial charge in [-0.05, 0) is 56.2 Å². The van der Waals surface area contributed by atoms with Crippen LogP contribution in [0.1, 0.15) is 38.0 Å². The third kappa shape index (κ3) is 6.60. The largest absolute Gasteiger partial charge is 0.489 e. The molecule has 2 aliphatic rings. The number of ether oxygens (including phenoxy) is 3. The van der Waals surface area contributed by atoms with E-state index in [2.05, 4.69) is 5.32 Å². The lowest BCUT2D eigenvalue weighted by Gasteiger charge is -2.49. The summed E-state index contributed by atoms with van der Waals surface area (Å²) in [6.45, 7) is 5.18. The van der Waals surface area contributed by atoms with Crippen molar-refractivity contribution in [2.75, 3.05) is 12.4 Å². The summed E-state index contributed by atoms with van der Waals surface area (Å²) < 4.78 is 30.7. The van der Waals surface area contributed by atoms with Gasteiger partial charge in [-0.25, -0.2) is 14.0 Å². The van der Waals surface area contributed by atoms with Gasteiger partial charge in [-0.2, -0.15) is 0 Å². The highest BCUT2D eigenvalue weighted by Gasteiger charge is 2.55. The van der Waals surface area contributed by atoms with Gasteiger partial charge in [0.1, 0.15) is 40.9 Å². The maximum atomic E-state index is 14.0. The first-order valence-electron chi connectivity index (χ1n) is 13.5. The maximum absolute atomic E-state index is 14.0. The van der Waals surface area contributed by atoms with Crippen molar-refractivity contribution in [1.82, 2.24) is 10.2 Å². The molecule has 0 aliphatic carbocycles. The molecule has 2 atom stereocenters. The number of nitrogens with one attached hydrogen (secondary N) is 1. The molecule has 3 aromatic carbocycles. The second-order valence-electron chi connectivity index (χ2n) is 10.8. The number of amides is 2. The van der Waals surface area contributed by atoms with Crippen LogP contribution in [0.5, 0.6) is 5.75 Å². The summed E-state index contributed by atoms with van der Waals surface area (Å²) in [5.74, 6) is -0.799. The van der Waals surface area contributed by atoms with Crippen LogP contribution in [0.15, 0.2) is 96.2 Å². The minimum atomic E-state index is -0.869. The van der Waals surface area contributed by atoms with E-state index >= 15 is 0 Å². The monoisotopic (exact) mass is 590 g/mol. The van der Waals surface area contributed by atoms with Crippen molar-refractivity contribution in [3.8, 4) is 5.75 Å². The molecular weight excluding hydrogens is 559 g/mol. The molecule has 0 radical (unpaired) electrons. The Bertz CT molecular complexity index is 1430. The zero-order valence-corrected chi connectivity index (χ0v) is 24.2. The quantitative estimate of drug-likeness (QED) is 0.270. The van der Waals surface area contributed by atoms with Gasteiger partial charge in [0.2, 0.25) is 0 Å². The highest BCUT2D eigenvalue weighted by atomic mass is 32.2. The smallest absolute Gasteiger partial charge is 0.408 e. The third-order valence-corrected chi connectivity index (χ3v) is 7.91. The van der Waals surface area contributed by atoms with E-state index in [9.17, 15) is 18.8 Å². The first-order chi connectivity index (χ1) is 20.1. The summed E-state index contributed by atoms with van der Waals surface area (Å²) in [6.07, 6.45) is -1.44. The molecule has 1 unspecified atom stereocenters. The molecule has 2 heterocycles. The minimum Gasteiger partial charge on any atom is -0.489 e. The zero-order chi connectivity index (χ0) is 29.9. The molecule has 1 saturated heterocycles. The van der Waals surface area contributed by atoms with Gasteiger partial charge in [-0.3, -0.25) is 9.69 Å². The number of rotatable bonds is 8. The Morgan fingerprint density at radius 1 is 0.976 bits per heavy atom. The fourth-order valence-corrected chi connectivity index (χ4v) is 5.99. The van der Waals surface area contributed by atoms with Crippen LogP contribution in [0.4, 0.5) is 9.18 Å². The highest BCUT2D eigenvalue weighted by Crippen LogP contribution is 2.42. The van der Waals surface area contributed by atoms with Gasteiger partial charge < -0.3 is 19.5 Å². The summed E-state index contributed by atoms with van der Waals surface area (Å²) in [5, 5.41) is 2.10. The van der Waals surface area contributed by atoms with Crippen LogP contribution < -0.4 is 10.1 Å². The molecule has 0 bridgehead atoms. The Hall–Kier alpha value is -4.31. The van der Waals surface area contributed by atoms with Crippen molar-refractivity contribution in [2.24, 2.45) is 0 Å². The number of β-lactam (4-membered cyclic amide) rings is 1. The lowest BCUT2D eigenvalue weighted by Crippen LogP contribution is -2.71. The molecule has 1 fully saturated rings. The molecule has 0 aromatic heterocycles. The van der Waals surface area contributed by atoms with Crippen LogP contribution in [0, 0.1) is 5.82 Å². The van der Waals surface area contributed by atoms with Gasteiger partial charge in [-0.1, -0.05) is 60.7 Å². The normalized spacial score (nSPS) is 18.2. The summed E-state index contributed by atoms with van der Waals surface area (Å²) >= 11 is 1.39. The SMILES string of the molecule is CC(C)(C)OC(=O)NC1C(=O)N2C(C(=O)OC(c3ccccc3)c3ccccc3)=C(COc3ccc(F)cc3)CS[C@H]12. The molecule has 2 aliphatic heterocycles. The molecule has 218 valence electrons. The van der Waals surface area contributed by atoms with E-state index in [-0.39, 0.29) is 12.3 Å². The number of fused-ring (bicyclic) bond motifs is 1. The minimum absolute atomic E-state index is 0.0228. The number of carbonyl (C=O) groups is 3. The predicted octanol–water partition coefficient (Wildman–Crippen LogP) is 5.60. The van der Waals surface area contributed by atoms with Crippen LogP contribution in [0.2, 0.25) is 0 Å². The van der Waals surface area contributed by atoms with E-state index in [1.54, 1.807) is 20.8 Å². The van der Waals surface area contributed by atoms with E-state index in [1.165, 1.54) is 40.9 Å². The number of esters is 1. The van der Waals surface area contributed by atoms with Crippen molar-refractivity contribution in [3.05, 3.63) is 113 Å². The molecule has 2 amide bonds. The molecule has 3 aromatic rings. The highest BCUT2D eigenvalue weighted by molar-refractivity contribution is 8.00. The van der Waals surface area contributed by atoms with Gasteiger partial charge in [-0.15, -0.1) is 11.8 Å². The average Bonchev–Trinajstić information content (AvgIpc) is 2.97. The number of carbonyl (C=O) groups excluding carboxylic acids is 3. The summed E-state index contributed by atoms with van der Waals surface area (Å²) in [4.78, 5) is 41.2. The number of thioether (sulfide) groups is 1. The molecule has 5 rings (SSSR count). The number of nitrogens with zero attached hydrogens (tertiary/aromatic N) is 1. The Kier molecular flexibility index (Phi) is 8.54. The predicted molar refractivity (Wildman–Crippen MR) is 156 cm³/mol. The Labute approximate surface area is 247 Å². The van der Waals surface area contributed by atoms with Crippen LogP contribution >= 0.6 is 11.8 Å². The van der Waals surface area contributed by atoms with Crippen molar-refractivity contribution in [3.63, 3.8) is 0 Å². The van der Waals surface area contributed by atoms with Crippen molar-refractivity contribution < 1.29 is 33.0 Å². The summed E-state index contributed by atoms with van der Waals surface area (Å²) in [5.41, 5.74) is 1.41. The fourth-order valence-electron chi connectivity index (χ4n) is 4.67. The molecule has 0 spiro atoms. The van der Waals surface area contributed by atoms with Gasteiger partial charge >= 0.3 is 12.1 Å². The van der Waals surface area contributed by atoms with Gasteiger partial charge in [0.05, 0.1) is 0 Å². The van der Waals surface area contributed by atoms with Crippen molar-refractivity contribution in [1.29, 1.82) is 0 Å². The zero-order valence-electron chi connectivity index (χ0n) is 23.4. The number of alkyl carbamates (subject to hydrolysis) is 1. The first kappa shape index (κ1) is 29.2. The van der Waals surface area contributed by atoms with Crippen LogP contribution in [0.3, 0.4) is 0 Å². The number of hydrogen-bond donors (Lipinski definition) is 1. The standard InChI is InChI=1S/C32H31FN2O6S/c1-32(2,3)41-31(38)34-25-28(36)35-26(22(19-42-29(25)35)18-39-24-16-14-23(33)15-17-24)30(37)40-27(20-10-6-4-7-11-20)21-12-8-5-9-13-21/h4-17,25,27,29H,18-19H2,1-3H3,(H,34,38)/t25?,29-/m1/s1. The molecule has 42 heavy (non-hydrogen) atoms. The van der Waals surface area contributed by atoms with Crippen molar-refractivity contribution in [2.45, 2.75) is 43.9 Å². The summed E-state index contributed by atoms with van der Waals surface area (Å²) in [6, 6.07) is 23.3. The first-order valence-corrected chi connectivity index (χ1v) is 14.5. The molecular formula is C32H31FN2O6S. The molecule has 1 N–H and O–H groups in total. The van der Waals surface area contributed by atoms with E-state index < -0.39 is 46.9 Å². The number of benzene rings is 3. The van der Waals surface area contributed by atoms with Crippen LogP contribution in [-0.2, 0) is 19.1 Å². The fraction of sp³-hybridized carbons (Fsp3) is 0.281. The van der Waals surface area contributed by atoms with Gasteiger partial charge in [0, 0.05) is 11.3 Å². The molecule has 8 nitrogen and oxygen atoms in total. The van der Waals surface area contributed by atoms with Crippen LogP contribution in [-0.4, -0.2) is 52.2 Å². The lowest BCUT2D eigenvalue weighted by atomic mass is 10.0. The molecule has 10 heteroatoms.